The van der Waals surface area contributed by atoms with E-state index in [4.69, 9.17) is 11.0 Å². The molecule has 1 aromatic rings. The number of rotatable bonds is 4. The smallest absolute Gasteiger partial charge is 0.256 e. The summed E-state index contributed by atoms with van der Waals surface area (Å²) in [6, 6.07) is 5.61. The minimum Gasteiger partial charge on any atom is -0.398 e. The zero-order valence-corrected chi connectivity index (χ0v) is 10.5. The van der Waals surface area contributed by atoms with E-state index >= 15 is 0 Å². The van der Waals surface area contributed by atoms with Crippen LogP contribution >= 0.6 is 0 Å². The van der Waals surface area contributed by atoms with Gasteiger partial charge in [-0.3, -0.25) is 4.79 Å². The highest BCUT2D eigenvalue weighted by Gasteiger charge is 2.20. The molecule has 0 unspecified atom stereocenters. The van der Waals surface area contributed by atoms with E-state index in [9.17, 15) is 9.18 Å². The van der Waals surface area contributed by atoms with E-state index in [0.29, 0.717) is 6.54 Å². The predicted octanol–water partition coefficient (Wildman–Crippen LogP) is 2.17. The number of hydrogen-bond donors (Lipinski definition) is 1. The molecule has 0 atom stereocenters. The fourth-order valence-corrected chi connectivity index (χ4v) is 1.63. The van der Waals surface area contributed by atoms with E-state index in [1.165, 1.54) is 17.0 Å². The molecular weight excluding hydrogens is 233 g/mol. The Kier molecular flexibility index (Phi) is 4.67. The molecule has 0 heterocycles. The number of amides is 1. The Morgan fingerprint density at radius 1 is 1.56 bits per heavy atom. The van der Waals surface area contributed by atoms with Gasteiger partial charge in [0.2, 0.25) is 0 Å². The van der Waals surface area contributed by atoms with Crippen LogP contribution in [0.25, 0.3) is 0 Å². The van der Waals surface area contributed by atoms with Gasteiger partial charge in [0, 0.05) is 18.3 Å². The van der Waals surface area contributed by atoms with Crippen LogP contribution in [0.1, 0.15) is 30.6 Å². The molecular formula is C13H16FN3O. The third-order valence-corrected chi connectivity index (χ3v) is 2.59. The quantitative estimate of drug-likeness (QED) is 0.831. The van der Waals surface area contributed by atoms with Crippen LogP contribution in [0.2, 0.25) is 0 Å². The van der Waals surface area contributed by atoms with Crippen LogP contribution in [-0.2, 0) is 0 Å². The average molecular weight is 249 g/mol. The Morgan fingerprint density at radius 2 is 2.22 bits per heavy atom. The number of carbonyl (C=O) groups excluding carboxylic acids is 1. The molecule has 0 aliphatic carbocycles. The van der Waals surface area contributed by atoms with Gasteiger partial charge in [0.15, 0.2) is 0 Å². The maximum Gasteiger partial charge on any atom is 0.256 e. The van der Waals surface area contributed by atoms with Gasteiger partial charge in [0.25, 0.3) is 5.91 Å². The second kappa shape index (κ2) is 6.01. The summed E-state index contributed by atoms with van der Waals surface area (Å²) in [6.07, 6.45) is 0.235. The van der Waals surface area contributed by atoms with E-state index < -0.39 is 5.82 Å². The number of nitriles is 1. The number of carbonyl (C=O) groups is 1. The first kappa shape index (κ1) is 14.0. The fraction of sp³-hybridized carbons (Fsp3) is 0.385. The van der Waals surface area contributed by atoms with Crippen LogP contribution in [0, 0.1) is 17.1 Å². The second-order valence-electron chi connectivity index (χ2n) is 4.23. The highest BCUT2D eigenvalue weighted by molar-refractivity contribution is 5.99. The molecule has 2 N–H and O–H groups in total. The molecule has 18 heavy (non-hydrogen) atoms. The zero-order valence-electron chi connectivity index (χ0n) is 10.5. The third kappa shape index (κ3) is 3.20. The highest BCUT2D eigenvalue weighted by atomic mass is 19.1. The minimum atomic E-state index is -0.503. The SMILES string of the molecule is CC(C)N(CCC#N)C(=O)c1cc(F)ccc1N. The van der Waals surface area contributed by atoms with Gasteiger partial charge in [0.1, 0.15) is 5.82 Å². The van der Waals surface area contributed by atoms with Crippen LogP contribution in [0.5, 0.6) is 0 Å². The molecule has 0 bridgehead atoms. The van der Waals surface area contributed by atoms with Gasteiger partial charge >= 0.3 is 0 Å². The molecule has 0 fully saturated rings. The highest BCUT2D eigenvalue weighted by Crippen LogP contribution is 2.17. The lowest BCUT2D eigenvalue weighted by Crippen LogP contribution is -2.38. The molecule has 0 saturated carbocycles. The predicted molar refractivity (Wildman–Crippen MR) is 67.2 cm³/mol. The minimum absolute atomic E-state index is 0.0754. The number of nitrogens with two attached hydrogens (primary N) is 1. The largest absolute Gasteiger partial charge is 0.398 e. The molecule has 0 radical (unpaired) electrons. The van der Waals surface area contributed by atoms with E-state index in [-0.39, 0.29) is 29.6 Å². The van der Waals surface area contributed by atoms with Crippen molar-refractivity contribution in [1.82, 2.24) is 4.90 Å². The number of nitrogens with zero attached hydrogens (tertiary/aromatic N) is 2. The summed E-state index contributed by atoms with van der Waals surface area (Å²) in [6.45, 7) is 3.98. The van der Waals surface area contributed by atoms with Crippen molar-refractivity contribution in [2.24, 2.45) is 0 Å². The molecule has 0 saturated heterocycles. The third-order valence-electron chi connectivity index (χ3n) is 2.59. The maximum atomic E-state index is 13.1. The van der Waals surface area contributed by atoms with Gasteiger partial charge in [-0.1, -0.05) is 0 Å². The molecule has 1 rings (SSSR count). The number of halogens is 1. The van der Waals surface area contributed by atoms with E-state index in [0.717, 1.165) is 6.07 Å². The number of hydrogen-bond acceptors (Lipinski definition) is 3. The summed E-state index contributed by atoms with van der Waals surface area (Å²) in [5.74, 6) is -0.853. The fourth-order valence-electron chi connectivity index (χ4n) is 1.63. The molecule has 0 aromatic heterocycles. The van der Waals surface area contributed by atoms with Crippen LogP contribution in [-0.4, -0.2) is 23.4 Å². The molecule has 96 valence electrons. The van der Waals surface area contributed by atoms with E-state index in [2.05, 4.69) is 0 Å². The number of benzene rings is 1. The van der Waals surface area contributed by atoms with Crippen molar-refractivity contribution in [2.45, 2.75) is 26.3 Å². The summed E-state index contributed by atoms with van der Waals surface area (Å²) < 4.78 is 13.1. The summed E-state index contributed by atoms with van der Waals surface area (Å²) in [5, 5.41) is 8.58. The van der Waals surface area contributed by atoms with Gasteiger partial charge in [0.05, 0.1) is 18.1 Å². The Morgan fingerprint density at radius 3 is 2.78 bits per heavy atom. The van der Waals surface area contributed by atoms with E-state index in [1.54, 1.807) is 0 Å². The Balaban J connectivity index is 3.02. The van der Waals surface area contributed by atoms with Gasteiger partial charge in [-0.05, 0) is 32.0 Å². The normalized spacial score (nSPS) is 10.2. The molecule has 0 spiro atoms. The van der Waals surface area contributed by atoms with Crippen molar-refractivity contribution in [3.05, 3.63) is 29.6 Å². The summed E-state index contributed by atoms with van der Waals surface area (Å²) in [5.41, 5.74) is 6.06. The first-order valence-electron chi connectivity index (χ1n) is 5.70. The van der Waals surface area contributed by atoms with E-state index in [1.807, 2.05) is 19.9 Å². The average Bonchev–Trinajstić information content (AvgIpc) is 2.32. The van der Waals surface area contributed by atoms with Crippen molar-refractivity contribution in [3.63, 3.8) is 0 Å². The van der Waals surface area contributed by atoms with Crippen molar-refractivity contribution in [1.29, 1.82) is 5.26 Å². The number of nitrogen functional groups attached to an aromatic ring is 1. The Hall–Kier alpha value is -2.09. The van der Waals surface area contributed by atoms with Crippen LogP contribution in [0.4, 0.5) is 10.1 Å². The van der Waals surface area contributed by atoms with Gasteiger partial charge in [-0.2, -0.15) is 5.26 Å². The maximum absolute atomic E-state index is 13.1. The molecule has 1 amide bonds. The second-order valence-corrected chi connectivity index (χ2v) is 4.23. The molecule has 0 aliphatic heterocycles. The number of anilines is 1. The lowest BCUT2D eigenvalue weighted by Gasteiger charge is -2.26. The first-order valence-corrected chi connectivity index (χ1v) is 5.70. The summed E-state index contributed by atoms with van der Waals surface area (Å²) in [4.78, 5) is 13.7. The monoisotopic (exact) mass is 249 g/mol. The zero-order chi connectivity index (χ0) is 13.7. The van der Waals surface area contributed by atoms with Crippen LogP contribution in [0.15, 0.2) is 18.2 Å². The molecule has 4 nitrogen and oxygen atoms in total. The summed E-state index contributed by atoms with van der Waals surface area (Å²) >= 11 is 0. The summed E-state index contributed by atoms with van der Waals surface area (Å²) in [7, 11) is 0. The van der Waals surface area contributed by atoms with Crippen molar-refractivity contribution >= 4 is 11.6 Å². The van der Waals surface area contributed by atoms with Crippen molar-refractivity contribution < 1.29 is 9.18 Å². The standard InChI is InChI=1S/C13H16FN3O/c1-9(2)17(7-3-6-15)13(18)11-8-10(14)4-5-12(11)16/h4-5,8-9H,3,7,16H2,1-2H3. The van der Waals surface area contributed by atoms with Crippen LogP contribution < -0.4 is 5.73 Å². The van der Waals surface area contributed by atoms with Gasteiger partial charge in [-0.15, -0.1) is 0 Å². The van der Waals surface area contributed by atoms with Crippen LogP contribution in [0.3, 0.4) is 0 Å². The molecule has 1 aromatic carbocycles. The van der Waals surface area contributed by atoms with Gasteiger partial charge < -0.3 is 10.6 Å². The van der Waals surface area contributed by atoms with Gasteiger partial charge in [-0.25, -0.2) is 4.39 Å². The molecule has 0 aliphatic rings. The topological polar surface area (TPSA) is 70.1 Å². The first-order chi connectivity index (χ1) is 8.47. The lowest BCUT2D eigenvalue weighted by molar-refractivity contribution is 0.0711. The molecule has 5 heteroatoms. The Labute approximate surface area is 106 Å². The van der Waals surface area contributed by atoms with Crippen molar-refractivity contribution in [2.75, 3.05) is 12.3 Å². The Bertz CT molecular complexity index is 480. The van der Waals surface area contributed by atoms with Crippen molar-refractivity contribution in [3.8, 4) is 6.07 Å². The lowest BCUT2D eigenvalue weighted by atomic mass is 10.1.